The van der Waals surface area contributed by atoms with E-state index in [1.807, 2.05) is 24.3 Å². The summed E-state index contributed by atoms with van der Waals surface area (Å²) in [7, 11) is 0. The molecule has 164 valence electrons. The molecular formula is C23H29N5O3. The van der Waals surface area contributed by atoms with Gasteiger partial charge in [0.2, 0.25) is 17.8 Å². The number of hydrogen-bond acceptors (Lipinski definition) is 5. The van der Waals surface area contributed by atoms with Gasteiger partial charge in [-0.1, -0.05) is 19.1 Å². The van der Waals surface area contributed by atoms with E-state index < -0.39 is 5.92 Å². The lowest BCUT2D eigenvalue weighted by molar-refractivity contribution is -0.123. The lowest BCUT2D eigenvalue weighted by Gasteiger charge is -2.39. The van der Waals surface area contributed by atoms with Crippen molar-refractivity contribution in [1.29, 1.82) is 0 Å². The molecule has 3 atom stereocenters. The highest BCUT2D eigenvalue weighted by atomic mass is 16.2. The molecule has 2 aliphatic heterocycles. The number of piperidine rings is 1. The van der Waals surface area contributed by atoms with Gasteiger partial charge in [-0.2, -0.15) is 4.98 Å². The van der Waals surface area contributed by atoms with Gasteiger partial charge in [-0.3, -0.25) is 19.4 Å². The molecule has 1 fully saturated rings. The zero-order chi connectivity index (χ0) is 22.1. The maximum atomic E-state index is 13.0. The van der Waals surface area contributed by atoms with Crippen molar-refractivity contribution in [2.24, 2.45) is 0 Å². The summed E-state index contributed by atoms with van der Waals surface area (Å²) >= 11 is 0. The molecule has 3 N–H and O–H groups in total. The Morgan fingerprint density at radius 3 is 2.48 bits per heavy atom. The van der Waals surface area contributed by atoms with Crippen LogP contribution in [0.1, 0.15) is 63.5 Å². The van der Waals surface area contributed by atoms with Gasteiger partial charge < -0.3 is 15.5 Å². The quantitative estimate of drug-likeness (QED) is 0.700. The summed E-state index contributed by atoms with van der Waals surface area (Å²) in [5.41, 5.74) is 1.62. The minimum absolute atomic E-state index is 0.0908. The van der Waals surface area contributed by atoms with Crippen LogP contribution in [-0.2, 0) is 16.0 Å². The van der Waals surface area contributed by atoms with E-state index in [9.17, 15) is 14.4 Å². The summed E-state index contributed by atoms with van der Waals surface area (Å²) in [5, 5.41) is 5.53. The first-order chi connectivity index (χ1) is 14.9. The second-order valence-corrected chi connectivity index (χ2v) is 8.53. The molecule has 0 unspecified atom stereocenters. The molecule has 0 spiro atoms. The first kappa shape index (κ1) is 21.1. The zero-order valence-electron chi connectivity index (χ0n) is 18.2. The maximum Gasteiger partial charge on any atom is 0.258 e. The largest absolute Gasteiger partial charge is 0.337 e. The Balaban J connectivity index is 1.65. The summed E-state index contributed by atoms with van der Waals surface area (Å²) in [6.07, 6.45) is 3.97. The molecule has 31 heavy (non-hydrogen) atoms. The Labute approximate surface area is 181 Å². The number of aromatic nitrogens is 2. The average molecular weight is 424 g/mol. The van der Waals surface area contributed by atoms with E-state index in [1.54, 1.807) is 0 Å². The molecule has 8 nitrogen and oxygen atoms in total. The third kappa shape index (κ3) is 4.19. The average Bonchev–Trinajstić information content (AvgIpc) is 2.73. The number of benzene rings is 1. The fourth-order valence-electron chi connectivity index (χ4n) is 4.60. The van der Waals surface area contributed by atoms with E-state index in [0.717, 1.165) is 31.2 Å². The van der Waals surface area contributed by atoms with Crippen LogP contribution in [0, 0.1) is 0 Å². The Morgan fingerprint density at radius 1 is 1.16 bits per heavy atom. The predicted octanol–water partition coefficient (Wildman–Crippen LogP) is 3.16. The number of aromatic amines is 1. The molecule has 2 amide bonds. The first-order valence-electron chi connectivity index (χ1n) is 11.0. The topological polar surface area (TPSA) is 107 Å². The Kier molecular flexibility index (Phi) is 5.80. The molecule has 0 radical (unpaired) electrons. The molecule has 1 aromatic carbocycles. The zero-order valence-corrected chi connectivity index (χ0v) is 18.2. The van der Waals surface area contributed by atoms with E-state index in [-0.39, 0.29) is 47.3 Å². The number of fused-ring (bicyclic) bond motifs is 1. The Bertz CT molecular complexity index is 1040. The first-order valence-corrected chi connectivity index (χ1v) is 11.0. The lowest BCUT2D eigenvalue weighted by Crippen LogP contribution is -2.46. The van der Waals surface area contributed by atoms with Gasteiger partial charge in [-0.25, -0.2) is 0 Å². The molecule has 1 aromatic heterocycles. The maximum absolute atomic E-state index is 13.0. The van der Waals surface area contributed by atoms with Gasteiger partial charge in [0.25, 0.3) is 5.56 Å². The van der Waals surface area contributed by atoms with Crippen molar-refractivity contribution in [3.05, 3.63) is 45.7 Å². The number of hydrogen-bond donors (Lipinski definition) is 3. The van der Waals surface area contributed by atoms with Crippen LogP contribution < -0.4 is 21.1 Å². The van der Waals surface area contributed by atoms with Crippen LogP contribution in [0.25, 0.3) is 0 Å². The van der Waals surface area contributed by atoms with Crippen LogP contribution in [0.2, 0.25) is 0 Å². The molecule has 0 saturated carbocycles. The van der Waals surface area contributed by atoms with Gasteiger partial charge in [-0.15, -0.1) is 0 Å². The highest BCUT2D eigenvalue weighted by Crippen LogP contribution is 2.32. The molecule has 2 aromatic rings. The number of H-pyrrole nitrogens is 1. The SMILES string of the molecule is CCc1ccc(NC(=O)[C@@H]2CC(=O)Nc3nc(N4[C@@H](C)CCC[C@@H]4C)[nH]c(=O)c32)cc1. The van der Waals surface area contributed by atoms with Gasteiger partial charge in [-0.05, 0) is 57.2 Å². The number of amides is 2. The molecular weight excluding hydrogens is 394 g/mol. The van der Waals surface area contributed by atoms with Crippen molar-refractivity contribution in [3.8, 4) is 0 Å². The van der Waals surface area contributed by atoms with Crippen molar-refractivity contribution in [2.75, 3.05) is 15.5 Å². The normalized spacial score (nSPS) is 23.1. The van der Waals surface area contributed by atoms with E-state index in [1.165, 1.54) is 0 Å². The summed E-state index contributed by atoms with van der Waals surface area (Å²) in [4.78, 5) is 47.9. The summed E-state index contributed by atoms with van der Waals surface area (Å²) in [6.45, 7) is 6.27. The number of nitrogens with zero attached hydrogens (tertiary/aromatic N) is 2. The molecule has 4 rings (SSSR count). The van der Waals surface area contributed by atoms with Crippen molar-refractivity contribution in [1.82, 2.24) is 9.97 Å². The summed E-state index contributed by atoms with van der Waals surface area (Å²) in [5.74, 6) is -0.976. The third-order valence-electron chi connectivity index (χ3n) is 6.32. The highest BCUT2D eigenvalue weighted by molar-refractivity contribution is 6.04. The third-order valence-corrected chi connectivity index (χ3v) is 6.32. The number of aryl methyl sites for hydroxylation is 1. The molecule has 8 heteroatoms. The molecule has 3 heterocycles. The molecule has 2 aliphatic rings. The second kappa shape index (κ2) is 8.53. The fourth-order valence-corrected chi connectivity index (χ4v) is 4.60. The summed E-state index contributed by atoms with van der Waals surface area (Å²) in [6, 6.07) is 8.00. The second-order valence-electron chi connectivity index (χ2n) is 8.53. The van der Waals surface area contributed by atoms with Crippen molar-refractivity contribution >= 4 is 29.3 Å². The van der Waals surface area contributed by atoms with Crippen molar-refractivity contribution in [2.45, 2.75) is 70.9 Å². The van der Waals surface area contributed by atoms with Crippen LogP contribution in [0.5, 0.6) is 0 Å². The van der Waals surface area contributed by atoms with E-state index in [0.29, 0.717) is 11.6 Å². The van der Waals surface area contributed by atoms with E-state index in [4.69, 9.17) is 0 Å². The van der Waals surface area contributed by atoms with Gasteiger partial charge in [0.05, 0.1) is 11.5 Å². The van der Waals surface area contributed by atoms with Crippen molar-refractivity contribution in [3.63, 3.8) is 0 Å². The molecule has 0 aliphatic carbocycles. The van der Waals surface area contributed by atoms with Crippen LogP contribution in [0.15, 0.2) is 29.1 Å². The molecule has 0 bridgehead atoms. The van der Waals surface area contributed by atoms with Gasteiger partial charge in [0.1, 0.15) is 5.82 Å². The van der Waals surface area contributed by atoms with Crippen LogP contribution >= 0.6 is 0 Å². The Morgan fingerprint density at radius 2 is 1.84 bits per heavy atom. The number of rotatable bonds is 4. The number of nitrogens with one attached hydrogen (secondary N) is 3. The number of anilines is 3. The minimum Gasteiger partial charge on any atom is -0.337 e. The van der Waals surface area contributed by atoms with Crippen LogP contribution in [0.3, 0.4) is 0 Å². The monoisotopic (exact) mass is 423 g/mol. The van der Waals surface area contributed by atoms with Gasteiger partial charge in [0.15, 0.2) is 0 Å². The standard InChI is InChI=1S/C23H29N5O3/c1-4-15-8-10-16(11-9-15)24-21(30)17-12-18(29)25-20-19(17)22(31)27-23(26-20)28-13(2)6-5-7-14(28)3/h8-11,13-14,17H,4-7,12H2,1-3H3,(H,24,30)(H2,25,26,27,29,31)/t13-,14-,17+/m0/s1. The van der Waals surface area contributed by atoms with Gasteiger partial charge in [0, 0.05) is 24.2 Å². The fraction of sp³-hybridized carbons (Fsp3) is 0.478. The lowest BCUT2D eigenvalue weighted by atomic mass is 9.92. The van der Waals surface area contributed by atoms with Crippen LogP contribution in [0.4, 0.5) is 17.5 Å². The smallest absolute Gasteiger partial charge is 0.258 e. The Hall–Kier alpha value is -3.16. The summed E-state index contributed by atoms with van der Waals surface area (Å²) < 4.78 is 0. The molecule has 1 saturated heterocycles. The minimum atomic E-state index is -0.892. The highest BCUT2D eigenvalue weighted by Gasteiger charge is 2.36. The van der Waals surface area contributed by atoms with Crippen LogP contribution in [-0.4, -0.2) is 33.9 Å². The van der Waals surface area contributed by atoms with E-state index in [2.05, 4.69) is 46.3 Å². The number of carbonyl (C=O) groups excluding carboxylic acids is 2. The van der Waals surface area contributed by atoms with Crippen molar-refractivity contribution < 1.29 is 9.59 Å². The van der Waals surface area contributed by atoms with E-state index >= 15 is 0 Å². The number of carbonyl (C=O) groups is 2. The predicted molar refractivity (Wildman–Crippen MR) is 121 cm³/mol. The van der Waals surface area contributed by atoms with Gasteiger partial charge >= 0.3 is 0 Å².